The molecule has 1 aromatic rings. The minimum atomic E-state index is -0.0206. The predicted molar refractivity (Wildman–Crippen MR) is 75.7 cm³/mol. The van der Waals surface area contributed by atoms with Crippen molar-refractivity contribution >= 4 is 17.2 Å². The van der Waals surface area contributed by atoms with Crippen LogP contribution >= 0.6 is 11.3 Å². The summed E-state index contributed by atoms with van der Waals surface area (Å²) in [5, 5.41) is 8.57. The number of piperidine rings is 1. The standard InChI is InChI=1S/C14H22N2OS/c1-3-11(12-7-5-9-18-12)16-14(17)13-10(2)6-4-8-15-13/h5,7,9-11,13,15H,3-4,6,8H2,1-2H3,(H,16,17). The van der Waals surface area contributed by atoms with E-state index in [1.807, 2.05) is 6.07 Å². The molecule has 0 radical (unpaired) electrons. The van der Waals surface area contributed by atoms with Crippen molar-refractivity contribution in [1.29, 1.82) is 0 Å². The van der Waals surface area contributed by atoms with Crippen LogP contribution in [0.4, 0.5) is 0 Å². The van der Waals surface area contributed by atoms with E-state index >= 15 is 0 Å². The first kappa shape index (κ1) is 13.6. The molecule has 0 aromatic carbocycles. The first-order valence-corrected chi connectivity index (χ1v) is 7.67. The molecule has 1 fully saturated rings. The number of carbonyl (C=O) groups excluding carboxylic acids is 1. The van der Waals surface area contributed by atoms with Crippen LogP contribution in [-0.4, -0.2) is 18.5 Å². The molecule has 1 aromatic heterocycles. The summed E-state index contributed by atoms with van der Waals surface area (Å²) in [4.78, 5) is 13.5. The molecule has 2 N–H and O–H groups in total. The number of thiophene rings is 1. The second-order valence-corrected chi connectivity index (χ2v) is 6.02. The van der Waals surface area contributed by atoms with E-state index in [4.69, 9.17) is 0 Å². The molecule has 3 nitrogen and oxygen atoms in total. The van der Waals surface area contributed by atoms with Crippen LogP contribution in [-0.2, 0) is 4.79 Å². The normalized spacial score (nSPS) is 25.7. The Bertz CT molecular complexity index is 377. The predicted octanol–water partition coefficient (Wildman–Crippen LogP) is 2.70. The van der Waals surface area contributed by atoms with Gasteiger partial charge in [-0.1, -0.05) is 19.9 Å². The van der Waals surface area contributed by atoms with Crippen LogP contribution in [0.1, 0.15) is 44.0 Å². The minimum Gasteiger partial charge on any atom is -0.347 e. The molecule has 1 aliphatic heterocycles. The summed E-state index contributed by atoms with van der Waals surface area (Å²) in [5.74, 6) is 0.585. The largest absolute Gasteiger partial charge is 0.347 e. The maximum atomic E-state index is 12.3. The third-order valence-corrected chi connectivity index (χ3v) is 4.65. The van der Waals surface area contributed by atoms with Crippen molar-refractivity contribution in [3.05, 3.63) is 22.4 Å². The smallest absolute Gasteiger partial charge is 0.237 e. The summed E-state index contributed by atoms with van der Waals surface area (Å²) in [6.45, 7) is 5.23. The Morgan fingerprint density at radius 3 is 3.11 bits per heavy atom. The molecule has 18 heavy (non-hydrogen) atoms. The van der Waals surface area contributed by atoms with Gasteiger partial charge in [0.15, 0.2) is 0 Å². The summed E-state index contributed by atoms with van der Waals surface area (Å²) in [6.07, 6.45) is 3.25. The number of amides is 1. The van der Waals surface area contributed by atoms with Crippen molar-refractivity contribution in [2.24, 2.45) is 5.92 Å². The highest BCUT2D eigenvalue weighted by Gasteiger charge is 2.28. The lowest BCUT2D eigenvalue weighted by Gasteiger charge is -2.30. The number of nitrogens with one attached hydrogen (secondary N) is 2. The Balaban J connectivity index is 1.97. The quantitative estimate of drug-likeness (QED) is 0.880. The molecule has 4 heteroatoms. The summed E-state index contributed by atoms with van der Waals surface area (Å²) >= 11 is 1.71. The number of hydrogen-bond donors (Lipinski definition) is 2. The van der Waals surface area contributed by atoms with E-state index in [0.29, 0.717) is 5.92 Å². The molecule has 1 amide bonds. The van der Waals surface area contributed by atoms with Crippen molar-refractivity contribution in [3.8, 4) is 0 Å². The molecular weight excluding hydrogens is 244 g/mol. The zero-order valence-corrected chi connectivity index (χ0v) is 11.9. The van der Waals surface area contributed by atoms with Crippen LogP contribution < -0.4 is 10.6 Å². The lowest BCUT2D eigenvalue weighted by atomic mass is 9.92. The van der Waals surface area contributed by atoms with E-state index < -0.39 is 0 Å². The van der Waals surface area contributed by atoms with Crippen molar-refractivity contribution < 1.29 is 4.79 Å². The molecule has 100 valence electrons. The minimum absolute atomic E-state index is 0.0206. The van der Waals surface area contributed by atoms with E-state index in [2.05, 4.69) is 35.9 Å². The first-order valence-electron chi connectivity index (χ1n) is 6.79. The SMILES string of the molecule is CCC(NC(=O)C1NCCCC1C)c1cccs1. The Kier molecular flexibility index (Phi) is 4.78. The number of hydrogen-bond acceptors (Lipinski definition) is 3. The van der Waals surface area contributed by atoms with Gasteiger partial charge in [-0.3, -0.25) is 4.79 Å². The van der Waals surface area contributed by atoms with Gasteiger partial charge in [-0.2, -0.15) is 0 Å². The molecule has 0 spiro atoms. The highest BCUT2D eigenvalue weighted by Crippen LogP contribution is 2.23. The molecule has 0 saturated carbocycles. The summed E-state index contributed by atoms with van der Waals surface area (Å²) in [6, 6.07) is 4.27. The number of rotatable bonds is 4. The van der Waals surface area contributed by atoms with Gasteiger partial charge in [-0.05, 0) is 43.2 Å². The van der Waals surface area contributed by atoms with Gasteiger partial charge in [0.1, 0.15) is 0 Å². The zero-order valence-electron chi connectivity index (χ0n) is 11.1. The molecule has 1 aliphatic rings. The van der Waals surface area contributed by atoms with Gasteiger partial charge in [0, 0.05) is 4.88 Å². The van der Waals surface area contributed by atoms with Gasteiger partial charge in [0.25, 0.3) is 0 Å². The Morgan fingerprint density at radius 2 is 2.50 bits per heavy atom. The summed E-state index contributed by atoms with van der Waals surface area (Å²) < 4.78 is 0. The van der Waals surface area contributed by atoms with Crippen LogP contribution in [0.5, 0.6) is 0 Å². The monoisotopic (exact) mass is 266 g/mol. The van der Waals surface area contributed by atoms with Gasteiger partial charge < -0.3 is 10.6 Å². The first-order chi connectivity index (χ1) is 8.72. The summed E-state index contributed by atoms with van der Waals surface area (Å²) in [7, 11) is 0. The topological polar surface area (TPSA) is 41.1 Å². The fraction of sp³-hybridized carbons (Fsp3) is 0.643. The molecule has 0 bridgehead atoms. The van der Waals surface area contributed by atoms with Crippen LogP contribution in [0.15, 0.2) is 17.5 Å². The Labute approximate surface area is 113 Å². The molecule has 2 rings (SSSR count). The van der Waals surface area contributed by atoms with Crippen LogP contribution in [0.3, 0.4) is 0 Å². The van der Waals surface area contributed by atoms with Gasteiger partial charge >= 0.3 is 0 Å². The second kappa shape index (κ2) is 6.34. The molecule has 2 heterocycles. The van der Waals surface area contributed by atoms with Gasteiger partial charge in [0.05, 0.1) is 12.1 Å². The van der Waals surface area contributed by atoms with Gasteiger partial charge in [-0.25, -0.2) is 0 Å². The lowest BCUT2D eigenvalue weighted by Crippen LogP contribution is -2.51. The average molecular weight is 266 g/mol. The zero-order chi connectivity index (χ0) is 13.0. The van der Waals surface area contributed by atoms with Crippen molar-refractivity contribution in [1.82, 2.24) is 10.6 Å². The van der Waals surface area contributed by atoms with Crippen molar-refractivity contribution in [2.75, 3.05) is 6.54 Å². The third-order valence-electron chi connectivity index (χ3n) is 3.66. The van der Waals surface area contributed by atoms with Gasteiger partial charge in [-0.15, -0.1) is 11.3 Å². The van der Waals surface area contributed by atoms with E-state index in [9.17, 15) is 4.79 Å². The maximum Gasteiger partial charge on any atom is 0.237 e. The molecule has 1 saturated heterocycles. The van der Waals surface area contributed by atoms with E-state index in [-0.39, 0.29) is 18.0 Å². The second-order valence-electron chi connectivity index (χ2n) is 5.04. The van der Waals surface area contributed by atoms with E-state index in [1.54, 1.807) is 11.3 Å². The fourth-order valence-electron chi connectivity index (χ4n) is 2.53. The van der Waals surface area contributed by atoms with Crippen molar-refractivity contribution in [2.45, 2.75) is 45.2 Å². The molecule has 3 atom stereocenters. The van der Waals surface area contributed by atoms with Crippen LogP contribution in [0, 0.1) is 5.92 Å². The van der Waals surface area contributed by atoms with Gasteiger partial charge in [0.2, 0.25) is 5.91 Å². The lowest BCUT2D eigenvalue weighted by molar-refractivity contribution is -0.125. The number of carbonyl (C=O) groups is 1. The van der Waals surface area contributed by atoms with Crippen molar-refractivity contribution in [3.63, 3.8) is 0 Å². The Hall–Kier alpha value is -0.870. The van der Waals surface area contributed by atoms with Crippen LogP contribution in [0.25, 0.3) is 0 Å². The molecular formula is C14H22N2OS. The molecule has 0 aliphatic carbocycles. The maximum absolute atomic E-state index is 12.3. The van der Waals surface area contributed by atoms with Crippen LogP contribution in [0.2, 0.25) is 0 Å². The fourth-order valence-corrected chi connectivity index (χ4v) is 3.39. The average Bonchev–Trinajstić information content (AvgIpc) is 2.90. The Morgan fingerprint density at radius 1 is 1.67 bits per heavy atom. The van der Waals surface area contributed by atoms with E-state index in [1.165, 1.54) is 11.3 Å². The third kappa shape index (κ3) is 3.12. The summed E-state index contributed by atoms with van der Waals surface area (Å²) in [5.41, 5.74) is 0. The molecule has 3 unspecified atom stereocenters. The van der Waals surface area contributed by atoms with E-state index in [0.717, 1.165) is 19.4 Å². The highest BCUT2D eigenvalue weighted by molar-refractivity contribution is 7.10. The highest BCUT2D eigenvalue weighted by atomic mass is 32.1.